The lowest BCUT2D eigenvalue weighted by atomic mass is 10.4. The van der Waals surface area contributed by atoms with Gasteiger partial charge in [0.1, 0.15) is 0 Å². The highest BCUT2D eigenvalue weighted by Gasteiger charge is 2.18. The number of hydrogen-bond acceptors (Lipinski definition) is 1. The molecule has 2 nitrogen and oxygen atoms in total. The summed E-state index contributed by atoms with van der Waals surface area (Å²) >= 11 is 0. The number of carboxylic acid groups (broad SMARTS) is 1. The van der Waals surface area contributed by atoms with Crippen molar-refractivity contribution in [1.82, 2.24) is 0 Å². The molecule has 0 radical (unpaired) electrons. The first-order chi connectivity index (χ1) is 5.89. The Balaban J connectivity index is 4.29. The molecule has 0 aliphatic heterocycles. The van der Waals surface area contributed by atoms with E-state index in [2.05, 4.69) is 20.0 Å². The molecule has 0 saturated carbocycles. The molecule has 0 atom stereocenters. The van der Waals surface area contributed by atoms with Crippen molar-refractivity contribution in [2.75, 3.05) is 0 Å². The molecule has 3 heteroatoms. The second-order valence-electron chi connectivity index (χ2n) is 4.22. The van der Waals surface area contributed by atoms with Gasteiger partial charge in [-0.05, 0) is 6.92 Å². The fourth-order valence-corrected chi connectivity index (χ4v) is 4.06. The zero-order valence-electron chi connectivity index (χ0n) is 9.05. The molecule has 0 fully saturated rings. The summed E-state index contributed by atoms with van der Waals surface area (Å²) in [5.41, 5.74) is 2.50. The molecule has 1 N–H and O–H groups in total. The van der Waals surface area contributed by atoms with E-state index in [1.165, 1.54) is 18.9 Å². The Morgan fingerprint density at radius 1 is 1.46 bits per heavy atom. The minimum absolute atomic E-state index is 0.507. The molecule has 0 aromatic rings. The summed E-state index contributed by atoms with van der Waals surface area (Å²) in [5, 5.41) is 8.72. The first-order valence-corrected chi connectivity index (χ1v) is 8.10. The summed E-state index contributed by atoms with van der Waals surface area (Å²) in [4.78, 5) is 10.6. The highest BCUT2D eigenvalue weighted by molar-refractivity contribution is 6.82. The Kier molecular flexibility index (Phi) is 4.99. The van der Waals surface area contributed by atoms with E-state index in [9.17, 15) is 4.79 Å². The van der Waals surface area contributed by atoms with Crippen LogP contribution in [0, 0.1) is 0 Å². The predicted octanol–water partition coefficient (Wildman–Crippen LogP) is 3.07. The zero-order chi connectivity index (χ0) is 10.5. The maximum atomic E-state index is 10.6. The molecule has 0 aromatic heterocycles. The van der Waals surface area contributed by atoms with Gasteiger partial charge < -0.3 is 5.11 Å². The molecule has 0 spiro atoms. The standard InChI is InChI=1S/C10H20O2Si/c1-5-6-7-13(3,4)8-9(2)10(11)12/h8H,5-7H2,1-4H3,(H,11,12). The number of carboxylic acids is 1. The van der Waals surface area contributed by atoms with Crippen molar-refractivity contribution in [1.29, 1.82) is 0 Å². The molecule has 0 amide bonds. The third kappa shape index (κ3) is 5.63. The van der Waals surface area contributed by atoms with Crippen molar-refractivity contribution in [2.45, 2.75) is 45.8 Å². The lowest BCUT2D eigenvalue weighted by Gasteiger charge is -2.17. The topological polar surface area (TPSA) is 37.3 Å². The van der Waals surface area contributed by atoms with Crippen LogP contribution in [0.4, 0.5) is 0 Å². The third-order valence-electron chi connectivity index (χ3n) is 2.12. The van der Waals surface area contributed by atoms with Gasteiger partial charge in [-0.1, -0.05) is 44.6 Å². The van der Waals surface area contributed by atoms with Crippen molar-refractivity contribution in [3.05, 3.63) is 11.3 Å². The van der Waals surface area contributed by atoms with Crippen LogP contribution in [0.1, 0.15) is 26.7 Å². The summed E-state index contributed by atoms with van der Waals surface area (Å²) in [6.45, 7) is 8.28. The third-order valence-corrected chi connectivity index (χ3v) is 4.98. The second kappa shape index (κ2) is 5.22. The number of hydrogen-bond donors (Lipinski definition) is 1. The van der Waals surface area contributed by atoms with Crippen molar-refractivity contribution in [2.24, 2.45) is 0 Å². The van der Waals surface area contributed by atoms with Crippen molar-refractivity contribution in [3.63, 3.8) is 0 Å². The first kappa shape index (κ1) is 12.4. The highest BCUT2D eigenvalue weighted by atomic mass is 28.3. The predicted molar refractivity (Wildman–Crippen MR) is 58.6 cm³/mol. The van der Waals surface area contributed by atoms with E-state index in [-0.39, 0.29) is 0 Å². The molecule has 0 unspecified atom stereocenters. The summed E-state index contributed by atoms with van der Waals surface area (Å²) in [5.74, 6) is -0.780. The average molecular weight is 200 g/mol. The quantitative estimate of drug-likeness (QED) is 0.547. The smallest absolute Gasteiger partial charge is 0.330 e. The van der Waals surface area contributed by atoms with Crippen LogP contribution in [0.25, 0.3) is 0 Å². The summed E-state index contributed by atoms with van der Waals surface area (Å²) in [7, 11) is -1.39. The van der Waals surface area contributed by atoms with E-state index < -0.39 is 14.0 Å². The molecule has 13 heavy (non-hydrogen) atoms. The Bertz CT molecular complexity index is 207. The molecular weight excluding hydrogens is 180 g/mol. The minimum Gasteiger partial charge on any atom is -0.478 e. The molecule has 76 valence electrons. The average Bonchev–Trinajstić information content (AvgIpc) is 2.00. The van der Waals surface area contributed by atoms with Crippen LogP contribution in [0.15, 0.2) is 11.3 Å². The van der Waals surface area contributed by atoms with Gasteiger partial charge >= 0.3 is 5.97 Å². The summed E-state index contributed by atoms with van der Waals surface area (Å²) < 4.78 is 0. The Morgan fingerprint density at radius 3 is 2.38 bits per heavy atom. The maximum absolute atomic E-state index is 10.6. The SMILES string of the molecule is CCCC[Si](C)(C)C=C(C)C(=O)O. The van der Waals surface area contributed by atoms with Gasteiger partial charge in [0.15, 0.2) is 0 Å². The van der Waals surface area contributed by atoms with Crippen LogP contribution < -0.4 is 0 Å². The lowest BCUT2D eigenvalue weighted by molar-refractivity contribution is -0.132. The molecule has 0 aromatic carbocycles. The van der Waals surface area contributed by atoms with E-state index in [1.54, 1.807) is 6.92 Å². The van der Waals surface area contributed by atoms with Gasteiger partial charge in [-0.2, -0.15) is 0 Å². The van der Waals surface area contributed by atoms with Gasteiger partial charge in [0, 0.05) is 5.57 Å². The van der Waals surface area contributed by atoms with Gasteiger partial charge in [0.05, 0.1) is 8.07 Å². The Hall–Kier alpha value is -0.573. The number of unbranched alkanes of at least 4 members (excludes halogenated alkanes) is 1. The van der Waals surface area contributed by atoms with Crippen LogP contribution in [0.2, 0.25) is 19.1 Å². The molecule has 0 saturated heterocycles. The fraction of sp³-hybridized carbons (Fsp3) is 0.700. The molecule has 0 aliphatic carbocycles. The van der Waals surface area contributed by atoms with Crippen molar-refractivity contribution >= 4 is 14.0 Å². The van der Waals surface area contributed by atoms with Crippen LogP contribution in [0.5, 0.6) is 0 Å². The largest absolute Gasteiger partial charge is 0.478 e. The monoisotopic (exact) mass is 200 g/mol. The highest BCUT2D eigenvalue weighted by Crippen LogP contribution is 2.16. The zero-order valence-corrected chi connectivity index (χ0v) is 10.1. The van der Waals surface area contributed by atoms with Crippen molar-refractivity contribution in [3.8, 4) is 0 Å². The Morgan fingerprint density at radius 2 is 2.00 bits per heavy atom. The van der Waals surface area contributed by atoms with Gasteiger partial charge in [-0.15, -0.1) is 0 Å². The number of carbonyl (C=O) groups is 1. The molecular formula is C10H20O2Si. The van der Waals surface area contributed by atoms with E-state index in [4.69, 9.17) is 5.11 Å². The van der Waals surface area contributed by atoms with Crippen molar-refractivity contribution < 1.29 is 9.90 Å². The maximum Gasteiger partial charge on any atom is 0.330 e. The number of aliphatic carboxylic acids is 1. The second-order valence-corrected chi connectivity index (χ2v) is 8.99. The molecule has 0 rings (SSSR count). The van der Waals surface area contributed by atoms with Crippen LogP contribution >= 0.6 is 0 Å². The minimum atomic E-state index is -1.39. The van der Waals surface area contributed by atoms with Crippen LogP contribution in [-0.4, -0.2) is 19.1 Å². The molecule has 0 bridgehead atoms. The molecule has 0 aliphatic rings. The summed E-state index contributed by atoms with van der Waals surface area (Å²) in [6, 6.07) is 1.19. The van der Waals surface area contributed by atoms with Gasteiger partial charge in [-0.3, -0.25) is 0 Å². The lowest BCUT2D eigenvalue weighted by Crippen LogP contribution is -2.23. The Labute approximate surface area is 81.7 Å². The van der Waals surface area contributed by atoms with Gasteiger partial charge in [-0.25, -0.2) is 4.79 Å². The fourth-order valence-electron chi connectivity index (χ4n) is 1.35. The normalized spacial score (nSPS) is 13.1. The van der Waals surface area contributed by atoms with E-state index >= 15 is 0 Å². The van der Waals surface area contributed by atoms with Crippen LogP contribution in [0.3, 0.4) is 0 Å². The number of rotatable bonds is 5. The van der Waals surface area contributed by atoms with Crippen LogP contribution in [-0.2, 0) is 4.79 Å². The molecule has 0 heterocycles. The first-order valence-electron chi connectivity index (χ1n) is 4.82. The van der Waals surface area contributed by atoms with E-state index in [0.29, 0.717) is 5.57 Å². The van der Waals surface area contributed by atoms with Gasteiger partial charge in [0.2, 0.25) is 0 Å². The van der Waals surface area contributed by atoms with Gasteiger partial charge in [0.25, 0.3) is 0 Å². The van der Waals surface area contributed by atoms with E-state index in [0.717, 1.165) is 0 Å². The summed E-state index contributed by atoms with van der Waals surface area (Å²) in [6.07, 6.45) is 2.40. The van der Waals surface area contributed by atoms with E-state index in [1.807, 2.05) is 5.70 Å².